The molecule has 1 aromatic rings. The molecule has 102 valence electrons. The van der Waals surface area contributed by atoms with Crippen molar-refractivity contribution < 1.29 is 13.2 Å². The second-order valence-electron chi connectivity index (χ2n) is 4.12. The number of pyridine rings is 1. The number of aromatic nitrogens is 1. The van der Waals surface area contributed by atoms with Gasteiger partial charge in [0.2, 0.25) is 10.0 Å². The average Bonchev–Trinajstić information content (AvgIpc) is 2.29. The average molecular weight is 273 g/mol. The predicted octanol–water partition coefficient (Wildman–Crippen LogP) is 0.709. The molecule has 0 atom stereocenters. The largest absolute Gasteiger partial charge is 0.384 e. The Labute approximate surface area is 108 Å². The van der Waals surface area contributed by atoms with Gasteiger partial charge in [0, 0.05) is 25.9 Å². The quantitative estimate of drug-likeness (QED) is 0.825. The van der Waals surface area contributed by atoms with Crippen LogP contribution in [0.5, 0.6) is 0 Å². The van der Waals surface area contributed by atoms with Crippen LogP contribution in [0, 0.1) is 0 Å². The fraction of sp³-hybridized carbons (Fsp3) is 0.545. The maximum atomic E-state index is 12.4. The molecule has 0 saturated heterocycles. The van der Waals surface area contributed by atoms with Crippen LogP contribution in [0.2, 0.25) is 0 Å². The van der Waals surface area contributed by atoms with Crippen molar-refractivity contribution in [1.29, 1.82) is 0 Å². The molecule has 7 heteroatoms. The zero-order valence-electron chi connectivity index (χ0n) is 10.8. The van der Waals surface area contributed by atoms with Crippen LogP contribution in [0.15, 0.2) is 23.2 Å². The van der Waals surface area contributed by atoms with E-state index >= 15 is 0 Å². The van der Waals surface area contributed by atoms with Gasteiger partial charge < -0.3 is 10.5 Å². The van der Waals surface area contributed by atoms with Gasteiger partial charge in [-0.15, -0.1) is 0 Å². The summed E-state index contributed by atoms with van der Waals surface area (Å²) in [5.41, 5.74) is 5.45. The first kappa shape index (κ1) is 14.9. The number of hydrogen-bond acceptors (Lipinski definition) is 5. The van der Waals surface area contributed by atoms with Gasteiger partial charge >= 0.3 is 0 Å². The van der Waals surface area contributed by atoms with Crippen molar-refractivity contribution in [1.82, 2.24) is 9.29 Å². The highest BCUT2D eigenvalue weighted by molar-refractivity contribution is 7.89. The third-order valence-electron chi connectivity index (χ3n) is 2.46. The molecule has 0 spiro atoms. The summed E-state index contributed by atoms with van der Waals surface area (Å²) in [6, 6.07) is 2.78. The van der Waals surface area contributed by atoms with Crippen molar-refractivity contribution in [3.63, 3.8) is 0 Å². The molecule has 0 aliphatic rings. The van der Waals surface area contributed by atoms with Gasteiger partial charge in [0.05, 0.1) is 6.61 Å². The van der Waals surface area contributed by atoms with Crippen LogP contribution in [0.4, 0.5) is 5.82 Å². The minimum Gasteiger partial charge on any atom is -0.384 e. The third-order valence-corrected chi connectivity index (χ3v) is 4.52. The van der Waals surface area contributed by atoms with Crippen LogP contribution >= 0.6 is 0 Å². The number of sulfonamides is 1. The molecule has 6 nitrogen and oxygen atoms in total. The van der Waals surface area contributed by atoms with Gasteiger partial charge in [-0.1, -0.05) is 0 Å². The highest BCUT2D eigenvalue weighted by Gasteiger charge is 2.26. The first-order valence-corrected chi connectivity index (χ1v) is 7.06. The minimum absolute atomic E-state index is 0.140. The second-order valence-corrected chi connectivity index (χ2v) is 6.01. The minimum atomic E-state index is -3.55. The Morgan fingerprint density at radius 3 is 2.56 bits per heavy atom. The van der Waals surface area contributed by atoms with Crippen molar-refractivity contribution in [2.75, 3.05) is 26.0 Å². The number of nitrogens with two attached hydrogens (primary N) is 1. The van der Waals surface area contributed by atoms with E-state index in [4.69, 9.17) is 10.5 Å². The molecule has 18 heavy (non-hydrogen) atoms. The Kier molecular flexibility index (Phi) is 5.06. The molecule has 1 rings (SSSR count). The van der Waals surface area contributed by atoms with Crippen molar-refractivity contribution in [2.24, 2.45) is 0 Å². The third kappa shape index (κ3) is 3.41. The molecule has 0 radical (unpaired) electrons. The van der Waals surface area contributed by atoms with E-state index in [0.29, 0.717) is 19.0 Å². The van der Waals surface area contributed by atoms with E-state index in [0.717, 1.165) is 0 Å². The van der Waals surface area contributed by atoms with Crippen LogP contribution in [0.3, 0.4) is 0 Å². The first-order chi connectivity index (χ1) is 8.39. The number of nitrogen functional groups attached to an aromatic ring is 1. The summed E-state index contributed by atoms with van der Waals surface area (Å²) in [5.74, 6) is 0.293. The highest BCUT2D eigenvalue weighted by atomic mass is 32.2. The summed E-state index contributed by atoms with van der Waals surface area (Å²) in [5, 5.41) is 0. The van der Waals surface area contributed by atoms with Gasteiger partial charge in [0.25, 0.3) is 0 Å². The Hall–Kier alpha value is -1.18. The highest BCUT2D eigenvalue weighted by Crippen LogP contribution is 2.17. The Morgan fingerprint density at radius 2 is 2.11 bits per heavy atom. The van der Waals surface area contributed by atoms with Crippen molar-refractivity contribution in [3.8, 4) is 0 Å². The molecule has 0 unspecified atom stereocenters. The summed E-state index contributed by atoms with van der Waals surface area (Å²) in [6.45, 7) is 4.29. The maximum absolute atomic E-state index is 12.4. The number of anilines is 1. The van der Waals surface area contributed by atoms with Crippen LogP contribution in [0.25, 0.3) is 0 Å². The topological polar surface area (TPSA) is 85.5 Å². The zero-order valence-corrected chi connectivity index (χ0v) is 11.6. The fourth-order valence-electron chi connectivity index (χ4n) is 1.52. The van der Waals surface area contributed by atoms with Gasteiger partial charge in [0.15, 0.2) is 0 Å². The molecule has 1 aromatic heterocycles. The molecular formula is C11H19N3O3S. The van der Waals surface area contributed by atoms with E-state index in [1.807, 2.05) is 13.8 Å². The Morgan fingerprint density at radius 1 is 1.44 bits per heavy atom. The smallest absolute Gasteiger partial charge is 0.244 e. The summed E-state index contributed by atoms with van der Waals surface area (Å²) in [6.07, 6.45) is 1.27. The molecular weight excluding hydrogens is 254 g/mol. The SMILES string of the molecule is COCCN(C(C)C)S(=O)(=O)c1ccc(N)nc1. The zero-order chi connectivity index (χ0) is 13.8. The van der Waals surface area contributed by atoms with E-state index in [-0.39, 0.29) is 10.9 Å². The lowest BCUT2D eigenvalue weighted by atomic mass is 10.4. The molecule has 1 heterocycles. The van der Waals surface area contributed by atoms with Crippen LogP contribution in [0.1, 0.15) is 13.8 Å². The standard InChI is InChI=1S/C11H19N3O3S/c1-9(2)14(6-7-17-3)18(15,16)10-4-5-11(12)13-8-10/h4-5,8-9H,6-7H2,1-3H3,(H2,12,13). The monoisotopic (exact) mass is 273 g/mol. The predicted molar refractivity (Wildman–Crippen MR) is 69.6 cm³/mol. The number of nitrogens with zero attached hydrogens (tertiary/aromatic N) is 2. The number of methoxy groups -OCH3 is 1. The van der Waals surface area contributed by atoms with E-state index in [9.17, 15) is 8.42 Å². The number of rotatable bonds is 6. The molecule has 0 bridgehead atoms. The molecule has 0 amide bonds. The lowest BCUT2D eigenvalue weighted by Gasteiger charge is -2.25. The summed E-state index contributed by atoms with van der Waals surface area (Å²) < 4.78 is 31.1. The number of hydrogen-bond donors (Lipinski definition) is 1. The lowest BCUT2D eigenvalue weighted by molar-refractivity contribution is 0.171. The van der Waals surface area contributed by atoms with Crippen molar-refractivity contribution in [3.05, 3.63) is 18.3 Å². The van der Waals surface area contributed by atoms with Crippen LogP contribution < -0.4 is 5.73 Å². The van der Waals surface area contributed by atoms with Gasteiger partial charge in [0.1, 0.15) is 10.7 Å². The molecule has 0 fully saturated rings. The van der Waals surface area contributed by atoms with E-state index in [2.05, 4.69) is 4.98 Å². The van der Waals surface area contributed by atoms with Gasteiger partial charge in [-0.3, -0.25) is 0 Å². The maximum Gasteiger partial charge on any atom is 0.244 e. The normalized spacial score (nSPS) is 12.3. The van der Waals surface area contributed by atoms with Gasteiger partial charge in [-0.05, 0) is 26.0 Å². The van der Waals surface area contributed by atoms with E-state index in [1.165, 1.54) is 29.7 Å². The Balaban J connectivity index is 3.05. The molecule has 0 aliphatic carbocycles. The van der Waals surface area contributed by atoms with Crippen LogP contribution in [-0.4, -0.2) is 44.0 Å². The summed E-state index contributed by atoms with van der Waals surface area (Å²) in [7, 11) is -2.02. The van der Waals surface area contributed by atoms with Gasteiger partial charge in [-0.25, -0.2) is 13.4 Å². The first-order valence-electron chi connectivity index (χ1n) is 5.62. The molecule has 0 aliphatic heterocycles. The van der Waals surface area contributed by atoms with E-state index < -0.39 is 10.0 Å². The van der Waals surface area contributed by atoms with Crippen molar-refractivity contribution in [2.45, 2.75) is 24.8 Å². The van der Waals surface area contributed by atoms with Crippen molar-refractivity contribution >= 4 is 15.8 Å². The summed E-state index contributed by atoms with van der Waals surface area (Å²) >= 11 is 0. The molecule has 2 N–H and O–H groups in total. The summed E-state index contributed by atoms with van der Waals surface area (Å²) in [4.78, 5) is 3.95. The number of ether oxygens (including phenoxy) is 1. The molecule has 0 aromatic carbocycles. The van der Waals surface area contributed by atoms with E-state index in [1.54, 1.807) is 0 Å². The Bertz CT molecular complexity index is 471. The second kappa shape index (κ2) is 6.12. The van der Waals surface area contributed by atoms with Crippen LogP contribution in [-0.2, 0) is 14.8 Å². The lowest BCUT2D eigenvalue weighted by Crippen LogP contribution is -2.39. The van der Waals surface area contributed by atoms with Gasteiger partial charge in [-0.2, -0.15) is 4.31 Å². The fourth-order valence-corrected chi connectivity index (χ4v) is 3.08. The molecule has 0 saturated carbocycles.